The molecular formula is C12H13NO3S. The first-order valence-electron chi connectivity index (χ1n) is 5.42. The van der Waals surface area contributed by atoms with Crippen molar-refractivity contribution < 1.29 is 14.7 Å². The summed E-state index contributed by atoms with van der Waals surface area (Å²) in [6, 6.07) is 7.47. The van der Waals surface area contributed by atoms with E-state index in [1.807, 2.05) is 24.3 Å². The highest BCUT2D eigenvalue weighted by Crippen LogP contribution is 2.26. The molecule has 0 saturated carbocycles. The smallest absolute Gasteiger partial charge is 0.313 e. The number of rotatable bonds is 4. The predicted molar refractivity (Wildman–Crippen MR) is 66.4 cm³/mol. The van der Waals surface area contributed by atoms with Crippen LogP contribution in [0, 0.1) is 0 Å². The fourth-order valence-corrected chi connectivity index (χ4v) is 2.48. The van der Waals surface area contributed by atoms with Crippen LogP contribution in [0.2, 0.25) is 0 Å². The number of hydrogen-bond donors (Lipinski definition) is 1. The molecule has 1 aromatic rings. The van der Waals surface area contributed by atoms with Crippen LogP contribution in [-0.2, 0) is 9.59 Å². The van der Waals surface area contributed by atoms with Gasteiger partial charge in [0.25, 0.3) is 0 Å². The minimum atomic E-state index is -0.836. The van der Waals surface area contributed by atoms with Crippen molar-refractivity contribution in [1.29, 1.82) is 0 Å². The summed E-state index contributed by atoms with van der Waals surface area (Å²) in [7, 11) is 0. The van der Waals surface area contributed by atoms with Crippen molar-refractivity contribution in [2.45, 2.75) is 17.7 Å². The molecule has 90 valence electrons. The normalized spacial score (nSPS) is 15.3. The molecule has 0 aromatic heterocycles. The van der Waals surface area contributed by atoms with Crippen molar-refractivity contribution in [3.63, 3.8) is 0 Å². The van der Waals surface area contributed by atoms with Crippen LogP contribution in [-0.4, -0.2) is 29.3 Å². The Kier molecular flexibility index (Phi) is 3.68. The highest BCUT2D eigenvalue weighted by Gasteiger charge is 2.21. The Balaban J connectivity index is 2.10. The molecule has 1 aromatic carbocycles. The lowest BCUT2D eigenvalue weighted by atomic mass is 10.3. The van der Waals surface area contributed by atoms with E-state index >= 15 is 0 Å². The molecule has 0 aliphatic carbocycles. The van der Waals surface area contributed by atoms with Crippen LogP contribution in [0.15, 0.2) is 29.2 Å². The summed E-state index contributed by atoms with van der Waals surface area (Å²) in [4.78, 5) is 24.7. The largest absolute Gasteiger partial charge is 0.481 e. The first-order chi connectivity index (χ1) is 8.16. The van der Waals surface area contributed by atoms with E-state index in [0.717, 1.165) is 23.5 Å². The summed E-state index contributed by atoms with van der Waals surface area (Å²) in [5.41, 5.74) is 0.864. The minimum absolute atomic E-state index is 0.0391. The van der Waals surface area contributed by atoms with Gasteiger partial charge in [-0.25, -0.2) is 0 Å². The van der Waals surface area contributed by atoms with Gasteiger partial charge in [0.2, 0.25) is 5.91 Å². The molecular weight excluding hydrogens is 238 g/mol. The summed E-state index contributed by atoms with van der Waals surface area (Å²) in [5.74, 6) is -0.653. The van der Waals surface area contributed by atoms with E-state index in [1.165, 1.54) is 11.8 Å². The average Bonchev–Trinajstić information content (AvgIpc) is 2.73. The topological polar surface area (TPSA) is 57.6 Å². The number of hydrogen-bond acceptors (Lipinski definition) is 3. The lowest BCUT2D eigenvalue weighted by Crippen LogP contribution is -2.23. The van der Waals surface area contributed by atoms with Gasteiger partial charge in [-0.2, -0.15) is 0 Å². The van der Waals surface area contributed by atoms with Crippen LogP contribution < -0.4 is 4.90 Å². The Morgan fingerprint density at radius 1 is 1.47 bits per heavy atom. The van der Waals surface area contributed by atoms with Gasteiger partial charge in [0.05, 0.1) is 5.75 Å². The third-order valence-corrected chi connectivity index (χ3v) is 3.54. The third kappa shape index (κ3) is 3.00. The second kappa shape index (κ2) is 5.23. The number of benzene rings is 1. The number of carboxylic acid groups (broad SMARTS) is 1. The number of carboxylic acids is 1. The number of anilines is 1. The SMILES string of the molecule is O=C(O)CSc1cccc(N2CCCC2=O)c1. The van der Waals surface area contributed by atoms with Gasteiger partial charge in [-0.15, -0.1) is 11.8 Å². The Bertz CT molecular complexity index is 447. The quantitative estimate of drug-likeness (QED) is 0.831. The monoisotopic (exact) mass is 251 g/mol. The average molecular weight is 251 g/mol. The standard InChI is InChI=1S/C12H13NO3S/c14-11-5-2-6-13(11)9-3-1-4-10(7-9)17-8-12(15)16/h1,3-4,7H,2,5-6,8H2,(H,15,16). The number of nitrogens with zero attached hydrogens (tertiary/aromatic N) is 1. The molecule has 5 heteroatoms. The first-order valence-corrected chi connectivity index (χ1v) is 6.40. The molecule has 17 heavy (non-hydrogen) atoms. The summed E-state index contributed by atoms with van der Waals surface area (Å²) in [6.45, 7) is 0.756. The van der Waals surface area contributed by atoms with Crippen LogP contribution >= 0.6 is 11.8 Å². The Labute approximate surface area is 104 Å². The van der Waals surface area contributed by atoms with E-state index in [9.17, 15) is 9.59 Å². The van der Waals surface area contributed by atoms with Crippen molar-refractivity contribution >= 4 is 29.3 Å². The lowest BCUT2D eigenvalue weighted by Gasteiger charge is -2.16. The Morgan fingerprint density at radius 3 is 2.94 bits per heavy atom. The van der Waals surface area contributed by atoms with Gasteiger partial charge in [-0.05, 0) is 24.6 Å². The number of amides is 1. The summed E-state index contributed by atoms with van der Waals surface area (Å²) in [5, 5.41) is 8.61. The molecule has 0 atom stereocenters. The van der Waals surface area contributed by atoms with Gasteiger partial charge in [0.1, 0.15) is 0 Å². The van der Waals surface area contributed by atoms with E-state index in [-0.39, 0.29) is 11.7 Å². The lowest BCUT2D eigenvalue weighted by molar-refractivity contribution is -0.133. The molecule has 1 saturated heterocycles. The number of aliphatic carboxylic acids is 1. The molecule has 1 fully saturated rings. The maximum atomic E-state index is 11.6. The van der Waals surface area contributed by atoms with E-state index in [0.29, 0.717) is 6.42 Å². The minimum Gasteiger partial charge on any atom is -0.481 e. The van der Waals surface area contributed by atoms with Crippen LogP contribution in [0.5, 0.6) is 0 Å². The second-order valence-corrected chi connectivity index (χ2v) is 4.88. The zero-order chi connectivity index (χ0) is 12.3. The fraction of sp³-hybridized carbons (Fsp3) is 0.333. The molecule has 0 bridgehead atoms. The first kappa shape index (κ1) is 12.0. The van der Waals surface area contributed by atoms with Gasteiger partial charge in [-0.1, -0.05) is 6.07 Å². The summed E-state index contributed by atoms with van der Waals surface area (Å²) >= 11 is 1.27. The van der Waals surface area contributed by atoms with Crippen LogP contribution in [0.25, 0.3) is 0 Å². The van der Waals surface area contributed by atoms with Gasteiger partial charge < -0.3 is 10.0 Å². The van der Waals surface area contributed by atoms with Crippen molar-refractivity contribution in [2.24, 2.45) is 0 Å². The molecule has 1 N–H and O–H groups in total. The van der Waals surface area contributed by atoms with Crippen molar-refractivity contribution in [2.75, 3.05) is 17.2 Å². The van der Waals surface area contributed by atoms with E-state index in [2.05, 4.69) is 0 Å². The Morgan fingerprint density at radius 2 is 2.29 bits per heavy atom. The zero-order valence-electron chi connectivity index (χ0n) is 9.26. The van der Waals surface area contributed by atoms with Crippen LogP contribution in [0.4, 0.5) is 5.69 Å². The molecule has 0 spiro atoms. The Hall–Kier alpha value is -1.49. The van der Waals surface area contributed by atoms with Crippen LogP contribution in [0.3, 0.4) is 0 Å². The molecule has 0 unspecified atom stereocenters. The number of thioether (sulfide) groups is 1. The number of carbonyl (C=O) groups excluding carboxylic acids is 1. The molecule has 1 amide bonds. The third-order valence-electron chi connectivity index (χ3n) is 2.57. The van der Waals surface area contributed by atoms with E-state index in [4.69, 9.17) is 5.11 Å². The highest BCUT2D eigenvalue weighted by atomic mass is 32.2. The van der Waals surface area contributed by atoms with Crippen molar-refractivity contribution in [1.82, 2.24) is 0 Å². The van der Waals surface area contributed by atoms with Crippen molar-refractivity contribution in [3.8, 4) is 0 Å². The van der Waals surface area contributed by atoms with Crippen molar-refractivity contribution in [3.05, 3.63) is 24.3 Å². The van der Waals surface area contributed by atoms with Gasteiger partial charge in [-0.3, -0.25) is 9.59 Å². The molecule has 1 aliphatic rings. The van der Waals surface area contributed by atoms with Crippen LogP contribution in [0.1, 0.15) is 12.8 Å². The predicted octanol–water partition coefficient (Wildman–Crippen LogP) is 1.99. The van der Waals surface area contributed by atoms with Gasteiger partial charge in [0, 0.05) is 23.5 Å². The maximum absolute atomic E-state index is 11.6. The molecule has 1 heterocycles. The highest BCUT2D eigenvalue weighted by molar-refractivity contribution is 8.00. The van der Waals surface area contributed by atoms with Gasteiger partial charge in [0.15, 0.2) is 0 Å². The zero-order valence-corrected chi connectivity index (χ0v) is 10.1. The molecule has 4 nitrogen and oxygen atoms in total. The van der Waals surface area contributed by atoms with E-state index < -0.39 is 5.97 Å². The molecule has 1 aliphatic heterocycles. The maximum Gasteiger partial charge on any atom is 0.313 e. The molecule has 2 rings (SSSR count). The molecule has 0 radical (unpaired) electrons. The van der Waals surface area contributed by atoms with Gasteiger partial charge >= 0.3 is 5.97 Å². The number of carbonyl (C=O) groups is 2. The fourth-order valence-electron chi connectivity index (χ4n) is 1.81. The summed E-state index contributed by atoms with van der Waals surface area (Å²) in [6.07, 6.45) is 1.50. The summed E-state index contributed by atoms with van der Waals surface area (Å²) < 4.78 is 0. The second-order valence-electron chi connectivity index (χ2n) is 3.83. The van der Waals surface area contributed by atoms with E-state index in [1.54, 1.807) is 4.90 Å².